The van der Waals surface area contributed by atoms with Crippen molar-refractivity contribution in [1.29, 1.82) is 0 Å². The summed E-state index contributed by atoms with van der Waals surface area (Å²) in [6.07, 6.45) is 3.55. The fourth-order valence-corrected chi connectivity index (χ4v) is 3.02. The van der Waals surface area contributed by atoms with Crippen LogP contribution in [0, 0.1) is 11.8 Å². The Hall–Kier alpha value is -0.130. The molecule has 2 unspecified atom stereocenters. The van der Waals surface area contributed by atoms with Gasteiger partial charge in [-0.15, -0.1) is 0 Å². The van der Waals surface area contributed by atoms with Gasteiger partial charge in [-0.05, 0) is 31.3 Å². The van der Waals surface area contributed by atoms with Gasteiger partial charge in [0, 0.05) is 19.3 Å². The largest absolute Gasteiger partial charge is 0.330 e. The van der Waals surface area contributed by atoms with E-state index in [-0.39, 0.29) is 5.75 Å². The first-order chi connectivity index (χ1) is 7.46. The minimum atomic E-state index is -2.83. The van der Waals surface area contributed by atoms with Crippen molar-refractivity contribution in [3.63, 3.8) is 0 Å². The van der Waals surface area contributed by atoms with Crippen molar-refractivity contribution in [3.05, 3.63) is 0 Å². The normalized spacial score (nSPS) is 28.2. The molecular formula is C11H24N2O2S. The Labute approximate surface area is 99.1 Å². The van der Waals surface area contributed by atoms with Gasteiger partial charge in [-0.1, -0.05) is 13.3 Å². The van der Waals surface area contributed by atoms with Crippen LogP contribution in [0.5, 0.6) is 0 Å². The summed E-state index contributed by atoms with van der Waals surface area (Å²) >= 11 is 0. The lowest BCUT2D eigenvalue weighted by Crippen LogP contribution is -2.44. The lowest BCUT2D eigenvalue weighted by Gasteiger charge is -2.37. The van der Waals surface area contributed by atoms with Gasteiger partial charge in [-0.25, -0.2) is 8.42 Å². The average molecular weight is 248 g/mol. The first kappa shape index (κ1) is 13.9. The molecule has 0 saturated carbocycles. The Bertz CT molecular complexity index is 303. The van der Waals surface area contributed by atoms with E-state index in [4.69, 9.17) is 5.73 Å². The van der Waals surface area contributed by atoms with Crippen molar-refractivity contribution >= 4 is 9.84 Å². The lowest BCUT2D eigenvalue weighted by atomic mass is 9.84. The van der Waals surface area contributed by atoms with E-state index in [0.29, 0.717) is 18.4 Å². The van der Waals surface area contributed by atoms with Crippen molar-refractivity contribution in [1.82, 2.24) is 4.90 Å². The summed E-state index contributed by atoms with van der Waals surface area (Å²) in [5.74, 6) is 1.54. The zero-order valence-corrected chi connectivity index (χ0v) is 11.2. The van der Waals surface area contributed by atoms with Crippen LogP contribution in [-0.4, -0.2) is 51.5 Å². The molecule has 0 aromatic heterocycles. The van der Waals surface area contributed by atoms with Gasteiger partial charge in [-0.2, -0.15) is 0 Å². The van der Waals surface area contributed by atoms with E-state index in [1.165, 1.54) is 6.26 Å². The standard InChI is InChI=1S/C11H24N2O2S/c1-3-10-9-13(5-4-11(10)8-12)6-7-16(2,14)15/h10-11H,3-9,12H2,1-2H3. The Kier molecular flexibility index (Phi) is 5.21. The third kappa shape index (κ3) is 4.39. The number of rotatable bonds is 5. The van der Waals surface area contributed by atoms with Crippen LogP contribution in [0.25, 0.3) is 0 Å². The van der Waals surface area contributed by atoms with Crippen LogP contribution in [0.3, 0.4) is 0 Å². The van der Waals surface area contributed by atoms with Crippen molar-refractivity contribution in [3.8, 4) is 0 Å². The molecule has 2 N–H and O–H groups in total. The molecule has 0 bridgehead atoms. The van der Waals surface area contributed by atoms with Crippen LogP contribution in [-0.2, 0) is 9.84 Å². The fraction of sp³-hybridized carbons (Fsp3) is 1.00. The van der Waals surface area contributed by atoms with Crippen LogP contribution < -0.4 is 5.73 Å². The van der Waals surface area contributed by atoms with Gasteiger partial charge in [0.15, 0.2) is 0 Å². The number of nitrogens with two attached hydrogens (primary N) is 1. The molecule has 0 aliphatic carbocycles. The first-order valence-electron chi connectivity index (χ1n) is 6.06. The highest BCUT2D eigenvalue weighted by Gasteiger charge is 2.26. The molecule has 0 aromatic carbocycles. The van der Waals surface area contributed by atoms with Crippen LogP contribution in [0.4, 0.5) is 0 Å². The topological polar surface area (TPSA) is 63.4 Å². The fourth-order valence-electron chi connectivity index (χ4n) is 2.43. The highest BCUT2D eigenvalue weighted by Crippen LogP contribution is 2.25. The minimum Gasteiger partial charge on any atom is -0.330 e. The molecule has 1 saturated heterocycles. The van der Waals surface area contributed by atoms with Crippen molar-refractivity contribution in [2.45, 2.75) is 19.8 Å². The van der Waals surface area contributed by atoms with E-state index in [2.05, 4.69) is 11.8 Å². The molecule has 16 heavy (non-hydrogen) atoms. The first-order valence-corrected chi connectivity index (χ1v) is 8.12. The lowest BCUT2D eigenvalue weighted by molar-refractivity contribution is 0.126. The van der Waals surface area contributed by atoms with E-state index < -0.39 is 9.84 Å². The second-order valence-corrected chi connectivity index (χ2v) is 7.14. The molecular weight excluding hydrogens is 224 g/mol. The Morgan fingerprint density at radius 1 is 1.38 bits per heavy atom. The minimum absolute atomic E-state index is 0.275. The summed E-state index contributed by atoms with van der Waals surface area (Å²) in [6, 6.07) is 0. The summed E-state index contributed by atoms with van der Waals surface area (Å²) < 4.78 is 22.2. The number of likely N-dealkylation sites (tertiary alicyclic amines) is 1. The Morgan fingerprint density at radius 3 is 2.56 bits per heavy atom. The maximum Gasteiger partial charge on any atom is 0.148 e. The molecule has 4 nitrogen and oxygen atoms in total. The number of sulfone groups is 1. The van der Waals surface area contributed by atoms with Gasteiger partial charge >= 0.3 is 0 Å². The van der Waals surface area contributed by atoms with Gasteiger partial charge in [0.1, 0.15) is 9.84 Å². The predicted octanol–water partition coefficient (Wildman–Crippen LogP) is 0.338. The van der Waals surface area contributed by atoms with Crippen molar-refractivity contribution < 1.29 is 8.42 Å². The maximum absolute atomic E-state index is 11.1. The summed E-state index contributed by atoms with van der Waals surface area (Å²) in [5, 5.41) is 0. The van der Waals surface area contributed by atoms with Gasteiger partial charge < -0.3 is 10.6 Å². The van der Waals surface area contributed by atoms with Gasteiger partial charge in [-0.3, -0.25) is 0 Å². The van der Waals surface area contributed by atoms with Crippen LogP contribution >= 0.6 is 0 Å². The van der Waals surface area contributed by atoms with E-state index in [1.54, 1.807) is 0 Å². The van der Waals surface area contributed by atoms with E-state index in [9.17, 15) is 8.42 Å². The second-order valence-electron chi connectivity index (χ2n) is 4.88. The molecule has 1 aliphatic rings. The summed E-state index contributed by atoms with van der Waals surface area (Å²) in [4.78, 5) is 2.27. The van der Waals surface area contributed by atoms with Crippen LogP contribution in [0.2, 0.25) is 0 Å². The van der Waals surface area contributed by atoms with E-state index in [0.717, 1.165) is 32.5 Å². The second kappa shape index (κ2) is 5.98. The highest BCUT2D eigenvalue weighted by molar-refractivity contribution is 7.90. The molecule has 2 atom stereocenters. The molecule has 0 aromatic rings. The van der Waals surface area contributed by atoms with Crippen molar-refractivity contribution in [2.24, 2.45) is 17.6 Å². The molecule has 0 spiro atoms. The molecule has 1 heterocycles. The summed E-state index contributed by atoms with van der Waals surface area (Å²) in [7, 11) is -2.83. The van der Waals surface area contributed by atoms with E-state index >= 15 is 0 Å². The third-order valence-corrected chi connectivity index (χ3v) is 4.51. The predicted molar refractivity (Wildman–Crippen MR) is 67.1 cm³/mol. The molecule has 0 amide bonds. The summed E-state index contributed by atoms with van der Waals surface area (Å²) in [5.41, 5.74) is 5.74. The average Bonchev–Trinajstić information content (AvgIpc) is 2.25. The molecule has 0 radical (unpaired) electrons. The third-order valence-electron chi connectivity index (χ3n) is 3.58. The SMILES string of the molecule is CCC1CN(CCS(C)(=O)=O)CCC1CN. The zero-order valence-electron chi connectivity index (χ0n) is 10.4. The summed E-state index contributed by atoms with van der Waals surface area (Å²) in [6.45, 7) is 5.63. The smallest absolute Gasteiger partial charge is 0.148 e. The number of piperidine rings is 1. The molecule has 96 valence electrons. The monoisotopic (exact) mass is 248 g/mol. The van der Waals surface area contributed by atoms with E-state index in [1.807, 2.05) is 0 Å². The number of hydrogen-bond donors (Lipinski definition) is 1. The zero-order chi connectivity index (χ0) is 12.2. The van der Waals surface area contributed by atoms with Crippen LogP contribution in [0.15, 0.2) is 0 Å². The van der Waals surface area contributed by atoms with Crippen molar-refractivity contribution in [2.75, 3.05) is 38.2 Å². The molecule has 1 aliphatic heterocycles. The van der Waals surface area contributed by atoms with Crippen LogP contribution in [0.1, 0.15) is 19.8 Å². The molecule has 1 rings (SSSR count). The van der Waals surface area contributed by atoms with Gasteiger partial charge in [0.05, 0.1) is 5.75 Å². The number of hydrogen-bond acceptors (Lipinski definition) is 4. The Balaban J connectivity index is 2.42. The Morgan fingerprint density at radius 2 is 2.06 bits per heavy atom. The van der Waals surface area contributed by atoms with Gasteiger partial charge in [0.2, 0.25) is 0 Å². The van der Waals surface area contributed by atoms with Gasteiger partial charge in [0.25, 0.3) is 0 Å². The molecule has 1 fully saturated rings. The molecule has 5 heteroatoms. The number of nitrogens with zero attached hydrogens (tertiary/aromatic N) is 1. The quantitative estimate of drug-likeness (QED) is 0.762. The highest BCUT2D eigenvalue weighted by atomic mass is 32.2. The maximum atomic E-state index is 11.1.